The number of amides is 1. The average molecular weight is 455 g/mol. The lowest BCUT2D eigenvalue weighted by Gasteiger charge is -2.36. The van der Waals surface area contributed by atoms with Crippen molar-refractivity contribution in [2.24, 2.45) is 5.41 Å². The quantitative estimate of drug-likeness (QED) is 0.500. The van der Waals surface area contributed by atoms with Crippen LogP contribution in [0.25, 0.3) is 0 Å². The fourth-order valence-corrected chi connectivity index (χ4v) is 5.32. The summed E-state index contributed by atoms with van der Waals surface area (Å²) in [5.41, 5.74) is -0.492. The van der Waals surface area contributed by atoms with Crippen molar-refractivity contribution in [3.63, 3.8) is 0 Å². The number of benzene rings is 1. The van der Waals surface area contributed by atoms with Crippen LogP contribution in [-0.2, 0) is 29.0 Å². The van der Waals surface area contributed by atoms with E-state index < -0.39 is 15.3 Å². The first-order chi connectivity index (χ1) is 14.6. The summed E-state index contributed by atoms with van der Waals surface area (Å²) in [7, 11) is 0.426. The summed E-state index contributed by atoms with van der Waals surface area (Å²) in [4.78, 5) is 37.2. The van der Waals surface area contributed by atoms with E-state index in [1.165, 1.54) is 0 Å². The van der Waals surface area contributed by atoms with Gasteiger partial charge in [-0.2, -0.15) is 0 Å². The van der Waals surface area contributed by atoms with Crippen molar-refractivity contribution in [2.45, 2.75) is 36.7 Å². The Labute approximate surface area is 182 Å². The van der Waals surface area contributed by atoms with E-state index in [9.17, 15) is 18.0 Å². The number of sulfone groups is 1. The third-order valence-corrected chi connectivity index (χ3v) is 7.39. The van der Waals surface area contributed by atoms with Gasteiger partial charge in [0.05, 0.1) is 16.1 Å². The molecule has 9 nitrogen and oxygen atoms in total. The molecule has 31 heavy (non-hydrogen) atoms. The number of carbonyl (C=O) groups is 3. The van der Waals surface area contributed by atoms with Crippen LogP contribution in [0.2, 0.25) is 0 Å². The van der Waals surface area contributed by atoms with Gasteiger partial charge in [0.1, 0.15) is 6.10 Å². The number of hydrogen-bond acceptors (Lipinski definition) is 7. The van der Waals surface area contributed by atoms with Crippen molar-refractivity contribution in [3.05, 3.63) is 30.3 Å². The van der Waals surface area contributed by atoms with Crippen LogP contribution in [0.3, 0.4) is 0 Å². The second-order valence-corrected chi connectivity index (χ2v) is 10.3. The first-order valence-electron chi connectivity index (χ1n) is 10.1. The highest BCUT2D eigenvalue weighted by molar-refractivity contribution is 7.91. The number of hydrogen-bond donors (Lipinski definition) is 1. The third kappa shape index (κ3) is 6.51. The molecule has 2 aliphatic heterocycles. The molecule has 0 aromatic heterocycles. The van der Waals surface area contributed by atoms with E-state index in [4.69, 9.17) is 14.6 Å². The zero-order valence-corrected chi connectivity index (χ0v) is 18.7. The summed E-state index contributed by atoms with van der Waals surface area (Å²) in [6, 6.07) is 8.18. The molecule has 1 N–H and O–H groups in total. The van der Waals surface area contributed by atoms with Crippen molar-refractivity contribution in [3.8, 4) is 0 Å². The van der Waals surface area contributed by atoms with E-state index in [2.05, 4.69) is 0 Å². The van der Waals surface area contributed by atoms with Crippen LogP contribution in [0.15, 0.2) is 35.2 Å². The highest BCUT2D eigenvalue weighted by atomic mass is 32.2. The van der Waals surface area contributed by atoms with Crippen LogP contribution in [0.5, 0.6) is 0 Å². The Morgan fingerprint density at radius 1 is 1.26 bits per heavy atom. The van der Waals surface area contributed by atoms with Crippen LogP contribution in [0.4, 0.5) is 0 Å². The lowest BCUT2D eigenvalue weighted by atomic mass is 9.76. The van der Waals surface area contributed by atoms with E-state index in [0.29, 0.717) is 38.9 Å². The molecule has 1 amide bonds. The Balaban J connectivity index is 0.00000107. The number of rotatable bonds is 6. The number of piperidine rings is 1. The molecule has 1 spiro atoms. The number of carbonyl (C=O) groups excluding carboxylic acids is 2. The molecule has 1 aromatic carbocycles. The van der Waals surface area contributed by atoms with Crippen molar-refractivity contribution >= 4 is 28.2 Å². The predicted octanol–water partition coefficient (Wildman–Crippen LogP) is 1.04. The van der Waals surface area contributed by atoms with E-state index >= 15 is 0 Å². The molecule has 0 bridgehead atoms. The minimum atomic E-state index is -3.47. The number of ether oxygens (including phenoxy) is 1. The van der Waals surface area contributed by atoms with E-state index in [-0.39, 0.29) is 41.5 Å². The summed E-state index contributed by atoms with van der Waals surface area (Å²) in [5, 5.41) is 6.89. The molecule has 2 saturated heterocycles. The summed E-state index contributed by atoms with van der Waals surface area (Å²) in [5.74, 6) is -0.534. The van der Waals surface area contributed by atoms with Gasteiger partial charge < -0.3 is 19.6 Å². The Hall–Kier alpha value is -2.46. The molecule has 3 rings (SSSR count). The first-order valence-corrected chi connectivity index (χ1v) is 11.8. The SMILES string of the molecule is CN(C)CC1CC2(CCN(C(=O)CCS(=O)(=O)c3ccccc3)CC2)C(=O)O1.O=CO. The summed E-state index contributed by atoms with van der Waals surface area (Å²) in [6.45, 7) is 1.38. The molecular formula is C21H30N2O7S. The third-order valence-electron chi connectivity index (χ3n) is 5.65. The van der Waals surface area contributed by atoms with Gasteiger partial charge >= 0.3 is 5.97 Å². The van der Waals surface area contributed by atoms with Crippen molar-refractivity contribution in [2.75, 3.05) is 39.5 Å². The number of carboxylic acid groups (broad SMARTS) is 1. The van der Waals surface area contributed by atoms with E-state index in [1.807, 2.05) is 19.0 Å². The van der Waals surface area contributed by atoms with Gasteiger partial charge in [0, 0.05) is 32.5 Å². The zero-order chi connectivity index (χ0) is 23.1. The molecule has 0 saturated carbocycles. The largest absolute Gasteiger partial charge is 0.483 e. The molecule has 2 aliphatic rings. The van der Waals surface area contributed by atoms with Crippen molar-refractivity contribution in [1.82, 2.24) is 9.80 Å². The predicted molar refractivity (Wildman–Crippen MR) is 113 cm³/mol. The molecule has 1 unspecified atom stereocenters. The lowest BCUT2D eigenvalue weighted by molar-refractivity contribution is -0.152. The van der Waals surface area contributed by atoms with Crippen LogP contribution in [-0.4, -0.2) is 87.3 Å². The lowest BCUT2D eigenvalue weighted by Crippen LogP contribution is -2.45. The summed E-state index contributed by atoms with van der Waals surface area (Å²) < 4.78 is 30.2. The smallest absolute Gasteiger partial charge is 0.312 e. The molecule has 0 radical (unpaired) electrons. The first kappa shape index (κ1) is 24.8. The maximum atomic E-state index is 12.5. The number of cyclic esters (lactones) is 1. The highest BCUT2D eigenvalue weighted by Crippen LogP contribution is 2.43. The summed E-state index contributed by atoms with van der Waals surface area (Å²) in [6.07, 6.45) is 1.70. The minimum absolute atomic E-state index is 0.0437. The number of nitrogens with zero attached hydrogens (tertiary/aromatic N) is 2. The van der Waals surface area contributed by atoms with Crippen LogP contribution >= 0.6 is 0 Å². The average Bonchev–Trinajstić information content (AvgIpc) is 3.01. The molecule has 172 valence electrons. The zero-order valence-electron chi connectivity index (χ0n) is 17.9. The topological polar surface area (TPSA) is 121 Å². The van der Waals surface area contributed by atoms with E-state index in [0.717, 1.165) is 0 Å². The second-order valence-electron chi connectivity index (χ2n) is 8.14. The monoisotopic (exact) mass is 454 g/mol. The highest BCUT2D eigenvalue weighted by Gasteiger charge is 2.50. The van der Waals surface area contributed by atoms with Gasteiger partial charge in [-0.15, -0.1) is 0 Å². The minimum Gasteiger partial charge on any atom is -0.483 e. The molecule has 1 atom stereocenters. The molecule has 1 aromatic rings. The van der Waals surface area contributed by atoms with Crippen LogP contribution in [0.1, 0.15) is 25.7 Å². The van der Waals surface area contributed by atoms with Gasteiger partial charge in [-0.25, -0.2) is 8.42 Å². The van der Waals surface area contributed by atoms with Crippen LogP contribution in [0, 0.1) is 5.41 Å². The van der Waals surface area contributed by atoms with E-state index in [1.54, 1.807) is 35.2 Å². The Morgan fingerprint density at radius 3 is 2.39 bits per heavy atom. The number of likely N-dealkylation sites (N-methyl/N-ethyl adjacent to an activating group) is 1. The normalized spacial score (nSPS) is 20.2. The van der Waals surface area contributed by atoms with Gasteiger partial charge in [-0.05, 0) is 39.1 Å². The van der Waals surface area contributed by atoms with Gasteiger partial charge in [0.2, 0.25) is 5.91 Å². The maximum Gasteiger partial charge on any atom is 0.312 e. The number of likely N-dealkylation sites (tertiary alicyclic amines) is 1. The Morgan fingerprint density at radius 2 is 1.84 bits per heavy atom. The molecule has 2 fully saturated rings. The summed E-state index contributed by atoms with van der Waals surface area (Å²) >= 11 is 0. The Kier molecular flexibility index (Phi) is 8.58. The second kappa shape index (κ2) is 10.7. The van der Waals surface area contributed by atoms with Crippen molar-refractivity contribution in [1.29, 1.82) is 0 Å². The van der Waals surface area contributed by atoms with Crippen LogP contribution < -0.4 is 0 Å². The van der Waals surface area contributed by atoms with Gasteiger partial charge in [0.15, 0.2) is 9.84 Å². The molecule has 2 heterocycles. The fourth-order valence-electron chi connectivity index (χ4n) is 4.06. The Bertz CT molecular complexity index is 863. The molecule has 0 aliphatic carbocycles. The van der Waals surface area contributed by atoms with Crippen molar-refractivity contribution < 1.29 is 32.6 Å². The fraction of sp³-hybridized carbons (Fsp3) is 0.571. The molecule has 10 heteroatoms. The molecular weight excluding hydrogens is 424 g/mol. The van der Waals surface area contributed by atoms with Gasteiger partial charge in [0.25, 0.3) is 6.47 Å². The van der Waals surface area contributed by atoms with Gasteiger partial charge in [-0.1, -0.05) is 18.2 Å². The van der Waals surface area contributed by atoms with Gasteiger partial charge in [-0.3, -0.25) is 14.4 Å². The number of esters is 1. The standard InChI is InChI=1S/C20H28N2O5S.CH2O2/c1-21(2)15-16-14-20(19(24)27-16)9-11-22(12-10-20)18(23)8-13-28(25,26)17-6-4-3-5-7-17;2-1-3/h3-7,16H,8-15H2,1-2H3;1H,(H,2,3). The maximum absolute atomic E-state index is 12.5.